The first-order valence-electron chi connectivity index (χ1n) is 6.50. The van der Waals surface area contributed by atoms with Crippen LogP contribution in [0, 0.1) is 0 Å². The highest BCUT2D eigenvalue weighted by molar-refractivity contribution is 7.91. The lowest BCUT2D eigenvalue weighted by molar-refractivity contribution is 0.353. The molecule has 0 unspecified atom stereocenters. The van der Waals surface area contributed by atoms with Gasteiger partial charge < -0.3 is 23.5 Å². The summed E-state index contributed by atoms with van der Waals surface area (Å²) in [4.78, 5) is 1.23. The molecule has 0 fully saturated rings. The smallest absolute Gasteiger partial charge is 0.165 e. The summed E-state index contributed by atoms with van der Waals surface area (Å²) in [5.74, 6) is 2.26. The molecule has 0 radical (unpaired) electrons. The Morgan fingerprint density at radius 2 is 1.00 bits per heavy atom. The zero-order valence-electron chi connectivity index (χ0n) is 12.9. The van der Waals surface area contributed by atoms with E-state index >= 15 is 0 Å². The van der Waals surface area contributed by atoms with Crippen LogP contribution in [0.25, 0.3) is 0 Å². The van der Waals surface area contributed by atoms with Crippen molar-refractivity contribution in [1.82, 2.24) is 0 Å². The third-order valence-electron chi connectivity index (χ3n) is 3.14. The van der Waals surface area contributed by atoms with E-state index in [2.05, 4.69) is 0 Å². The van der Waals surface area contributed by atoms with Crippen LogP contribution in [0.4, 0.5) is 0 Å². The summed E-state index contributed by atoms with van der Waals surface area (Å²) >= 11 is -1.36. The molecule has 0 heterocycles. The van der Waals surface area contributed by atoms with Crippen molar-refractivity contribution < 1.29 is 23.5 Å². The molecule has 0 aliphatic rings. The standard InChI is InChI=1S/C16H18O5S/c1-18-13-7-5-11(9-15(13)20-3)22(17)12-6-8-14(19-2)16(10-12)21-4/h5-10H,1-4H3. The molecule has 0 bridgehead atoms. The summed E-state index contributed by atoms with van der Waals surface area (Å²) in [6, 6.07) is 10.3. The maximum absolute atomic E-state index is 12.7. The Hall–Kier alpha value is -2.05. The average Bonchev–Trinajstić information content (AvgIpc) is 2.59. The predicted molar refractivity (Wildman–Crippen MR) is 83.8 cm³/mol. The Kier molecular flexibility index (Phi) is 5.41. The summed E-state index contributed by atoms with van der Waals surface area (Å²) in [5.41, 5.74) is 0. The highest BCUT2D eigenvalue weighted by atomic mass is 32.2. The van der Waals surface area contributed by atoms with Gasteiger partial charge in [-0.3, -0.25) is 0 Å². The van der Waals surface area contributed by atoms with Crippen molar-refractivity contribution in [2.24, 2.45) is 0 Å². The maximum atomic E-state index is 12.7. The minimum absolute atomic E-state index is 0.536. The molecule has 118 valence electrons. The largest absolute Gasteiger partial charge is 0.606 e. The van der Waals surface area contributed by atoms with Crippen LogP contribution in [0.3, 0.4) is 0 Å². The van der Waals surface area contributed by atoms with E-state index in [1.807, 2.05) is 0 Å². The van der Waals surface area contributed by atoms with E-state index < -0.39 is 11.2 Å². The topological polar surface area (TPSA) is 60.0 Å². The van der Waals surface area contributed by atoms with Crippen molar-refractivity contribution in [3.8, 4) is 23.0 Å². The first-order chi connectivity index (χ1) is 10.6. The molecule has 0 saturated heterocycles. The van der Waals surface area contributed by atoms with Crippen molar-refractivity contribution >= 4 is 11.2 Å². The lowest BCUT2D eigenvalue weighted by Crippen LogP contribution is -2.04. The van der Waals surface area contributed by atoms with E-state index in [-0.39, 0.29) is 0 Å². The molecular formula is C16H18O5S. The van der Waals surface area contributed by atoms with Gasteiger partial charge in [-0.05, 0) is 24.3 Å². The number of hydrogen-bond donors (Lipinski definition) is 0. The first kappa shape index (κ1) is 16.3. The summed E-state index contributed by atoms with van der Waals surface area (Å²) in [7, 11) is 6.20. The normalized spacial score (nSPS) is 10.5. The number of ether oxygens (including phenoxy) is 4. The zero-order valence-corrected chi connectivity index (χ0v) is 13.7. The fraction of sp³-hybridized carbons (Fsp3) is 0.250. The SMILES string of the molecule is COc1ccc([S+]([O-])c2ccc(OC)c(OC)c2)cc1OC. The Balaban J connectivity index is 2.37. The molecule has 22 heavy (non-hydrogen) atoms. The molecule has 0 aliphatic heterocycles. The molecule has 2 aromatic rings. The van der Waals surface area contributed by atoms with E-state index in [4.69, 9.17) is 18.9 Å². The van der Waals surface area contributed by atoms with Crippen LogP contribution < -0.4 is 18.9 Å². The highest BCUT2D eigenvalue weighted by Gasteiger charge is 2.19. The van der Waals surface area contributed by atoms with Crippen LogP contribution in [0.1, 0.15) is 0 Å². The lowest BCUT2D eigenvalue weighted by atomic mass is 10.3. The monoisotopic (exact) mass is 322 g/mol. The number of benzene rings is 2. The van der Waals surface area contributed by atoms with Gasteiger partial charge in [0.05, 0.1) is 28.4 Å². The molecule has 0 saturated carbocycles. The number of rotatable bonds is 6. The van der Waals surface area contributed by atoms with Gasteiger partial charge in [0.15, 0.2) is 32.8 Å². The van der Waals surface area contributed by atoms with Crippen molar-refractivity contribution in [2.75, 3.05) is 28.4 Å². The van der Waals surface area contributed by atoms with Gasteiger partial charge in [-0.1, -0.05) is 0 Å². The van der Waals surface area contributed by atoms with Gasteiger partial charge in [-0.2, -0.15) is 0 Å². The maximum Gasteiger partial charge on any atom is 0.165 e. The second kappa shape index (κ2) is 7.29. The summed E-state index contributed by atoms with van der Waals surface area (Å²) in [5, 5.41) is 0. The second-order valence-electron chi connectivity index (χ2n) is 4.30. The van der Waals surface area contributed by atoms with Crippen LogP contribution >= 0.6 is 0 Å². The predicted octanol–water partition coefficient (Wildman–Crippen LogP) is 2.89. The van der Waals surface area contributed by atoms with E-state index in [9.17, 15) is 4.55 Å². The molecule has 0 aliphatic carbocycles. The minimum atomic E-state index is -1.36. The third kappa shape index (κ3) is 3.23. The Labute approximate surface area is 132 Å². The molecule has 0 amide bonds. The van der Waals surface area contributed by atoms with Crippen molar-refractivity contribution in [2.45, 2.75) is 9.79 Å². The van der Waals surface area contributed by atoms with Gasteiger partial charge in [0.25, 0.3) is 0 Å². The lowest BCUT2D eigenvalue weighted by Gasteiger charge is -2.14. The Morgan fingerprint density at radius 3 is 1.32 bits per heavy atom. The quantitative estimate of drug-likeness (QED) is 0.765. The molecule has 5 nitrogen and oxygen atoms in total. The summed E-state index contributed by atoms with van der Waals surface area (Å²) in [6.45, 7) is 0. The van der Waals surface area contributed by atoms with E-state index in [1.165, 1.54) is 0 Å². The van der Waals surface area contributed by atoms with Gasteiger partial charge >= 0.3 is 0 Å². The van der Waals surface area contributed by atoms with Gasteiger partial charge in [0.2, 0.25) is 0 Å². The summed E-state index contributed by atoms with van der Waals surface area (Å²) < 4.78 is 33.5. The molecule has 0 N–H and O–H groups in total. The molecule has 6 heteroatoms. The van der Waals surface area contributed by atoms with Gasteiger partial charge in [-0.25, -0.2) is 0 Å². The van der Waals surface area contributed by atoms with Gasteiger partial charge in [0.1, 0.15) is 0 Å². The van der Waals surface area contributed by atoms with E-state index in [1.54, 1.807) is 64.8 Å². The number of methoxy groups -OCH3 is 4. The second-order valence-corrected chi connectivity index (χ2v) is 5.78. The Morgan fingerprint density at radius 1 is 0.636 bits per heavy atom. The van der Waals surface area contributed by atoms with Gasteiger partial charge in [-0.15, -0.1) is 0 Å². The first-order valence-corrected chi connectivity index (χ1v) is 7.65. The molecule has 0 aromatic heterocycles. The van der Waals surface area contributed by atoms with Crippen LogP contribution in [-0.4, -0.2) is 33.0 Å². The van der Waals surface area contributed by atoms with Crippen LogP contribution in [0.2, 0.25) is 0 Å². The Bertz CT molecular complexity index is 589. The molecule has 2 rings (SSSR count). The number of hydrogen-bond acceptors (Lipinski definition) is 5. The molecule has 0 atom stereocenters. The fourth-order valence-corrected chi connectivity index (χ4v) is 3.08. The molecular weight excluding hydrogens is 304 g/mol. The molecule has 0 spiro atoms. The third-order valence-corrected chi connectivity index (χ3v) is 4.50. The van der Waals surface area contributed by atoms with Crippen molar-refractivity contribution in [3.05, 3.63) is 36.4 Å². The average molecular weight is 322 g/mol. The fourth-order valence-electron chi connectivity index (χ4n) is 2.00. The zero-order chi connectivity index (χ0) is 16.1. The van der Waals surface area contributed by atoms with Crippen LogP contribution in [0.5, 0.6) is 23.0 Å². The van der Waals surface area contributed by atoms with Crippen molar-refractivity contribution in [3.63, 3.8) is 0 Å². The van der Waals surface area contributed by atoms with Crippen molar-refractivity contribution in [1.29, 1.82) is 0 Å². The highest BCUT2D eigenvalue weighted by Crippen LogP contribution is 2.35. The summed E-state index contributed by atoms with van der Waals surface area (Å²) in [6.07, 6.45) is 0. The minimum Gasteiger partial charge on any atom is -0.606 e. The van der Waals surface area contributed by atoms with E-state index in [0.717, 1.165) is 0 Å². The molecule has 2 aromatic carbocycles. The van der Waals surface area contributed by atoms with Gasteiger partial charge in [0, 0.05) is 23.3 Å². The van der Waals surface area contributed by atoms with Crippen LogP contribution in [-0.2, 0) is 11.2 Å². The van der Waals surface area contributed by atoms with E-state index in [0.29, 0.717) is 32.8 Å². The van der Waals surface area contributed by atoms with Crippen LogP contribution in [0.15, 0.2) is 46.2 Å².